The normalized spacial score (nSPS) is 13.6. The zero-order chi connectivity index (χ0) is 10.2. The van der Waals surface area contributed by atoms with Crippen LogP contribution in [0.5, 0.6) is 0 Å². The lowest BCUT2D eigenvalue weighted by atomic mass is 10.1. The first kappa shape index (κ1) is 11.8. The minimum absolute atomic E-state index is 0.364. The number of benzene rings is 1. The van der Waals surface area contributed by atoms with Crippen molar-refractivity contribution in [2.24, 2.45) is 0 Å². The fourth-order valence-electron chi connectivity index (χ4n) is 1.67. The highest BCUT2D eigenvalue weighted by Crippen LogP contribution is 2.20. The molecule has 0 nitrogen and oxygen atoms in total. The second-order valence-electron chi connectivity index (χ2n) is 3.85. The van der Waals surface area contributed by atoms with E-state index in [1.54, 1.807) is 0 Å². The van der Waals surface area contributed by atoms with Crippen LogP contribution in [0, 0.1) is 0 Å². The first-order valence-electron chi connectivity index (χ1n) is 5.46. The Labute approximate surface area is 94.2 Å². The Morgan fingerprint density at radius 2 is 2.00 bits per heavy atom. The molecule has 0 aliphatic heterocycles. The topological polar surface area (TPSA) is 0 Å². The Kier molecular flexibility index (Phi) is 5.96. The molecule has 14 heavy (non-hydrogen) atoms. The van der Waals surface area contributed by atoms with Gasteiger partial charge in [0.15, 0.2) is 0 Å². The summed E-state index contributed by atoms with van der Waals surface area (Å²) in [6.45, 7) is 2.25. The molecule has 1 rings (SSSR count). The second kappa shape index (κ2) is 7.08. The Bertz CT molecular complexity index is 235. The van der Waals surface area contributed by atoms with Crippen molar-refractivity contribution >= 4 is 19.9 Å². The molecule has 2 heteroatoms. The first-order chi connectivity index (χ1) is 6.86. The average molecular weight is 227 g/mol. The zero-order valence-corrected chi connectivity index (χ0v) is 11.0. The van der Waals surface area contributed by atoms with Crippen LogP contribution in [0.4, 0.5) is 0 Å². The maximum Gasteiger partial charge on any atom is 0.128 e. The van der Waals surface area contributed by atoms with E-state index in [4.69, 9.17) is 11.1 Å². The molecule has 0 aliphatic carbocycles. The largest absolute Gasteiger partial charge is 0.176 e. The molecule has 0 spiro atoms. The molecule has 0 saturated heterocycles. The van der Waals surface area contributed by atoms with Gasteiger partial charge >= 0.3 is 0 Å². The summed E-state index contributed by atoms with van der Waals surface area (Å²) < 4.78 is 0. The molecule has 0 radical (unpaired) electrons. The molecular weight excluding hydrogens is 208 g/mol. The number of rotatable bonds is 6. The van der Waals surface area contributed by atoms with Gasteiger partial charge in [-0.15, -0.1) is 0 Å². The SMILES string of the molecule is CCCCC(Cc1ccccc1)[SiH2]Cl. The van der Waals surface area contributed by atoms with Crippen molar-refractivity contribution in [2.45, 2.75) is 38.1 Å². The Hall–Kier alpha value is -0.273. The van der Waals surface area contributed by atoms with Crippen molar-refractivity contribution in [2.75, 3.05) is 0 Å². The van der Waals surface area contributed by atoms with Gasteiger partial charge in [-0.05, 0) is 17.5 Å². The summed E-state index contributed by atoms with van der Waals surface area (Å²) in [7, 11) is -0.364. The van der Waals surface area contributed by atoms with Gasteiger partial charge in [-0.3, -0.25) is 0 Å². The summed E-state index contributed by atoms with van der Waals surface area (Å²) in [5.74, 6) is 0. The van der Waals surface area contributed by atoms with Gasteiger partial charge in [-0.1, -0.05) is 56.5 Å². The fourth-order valence-corrected chi connectivity index (χ4v) is 3.35. The van der Waals surface area contributed by atoms with Gasteiger partial charge in [0.1, 0.15) is 8.83 Å². The fraction of sp³-hybridized carbons (Fsp3) is 0.500. The highest BCUT2D eigenvalue weighted by atomic mass is 35.6. The summed E-state index contributed by atoms with van der Waals surface area (Å²) >= 11 is 6.09. The van der Waals surface area contributed by atoms with Crippen LogP contribution in [0.25, 0.3) is 0 Å². The van der Waals surface area contributed by atoms with Crippen LogP contribution in [0.2, 0.25) is 5.54 Å². The van der Waals surface area contributed by atoms with Crippen LogP contribution in [-0.2, 0) is 6.42 Å². The van der Waals surface area contributed by atoms with E-state index in [1.165, 1.54) is 31.2 Å². The van der Waals surface area contributed by atoms with Crippen molar-refractivity contribution in [3.63, 3.8) is 0 Å². The maximum absolute atomic E-state index is 6.09. The lowest BCUT2D eigenvalue weighted by molar-refractivity contribution is 0.664. The second-order valence-corrected chi connectivity index (χ2v) is 6.24. The van der Waals surface area contributed by atoms with Crippen molar-refractivity contribution < 1.29 is 0 Å². The molecule has 0 amide bonds. The van der Waals surface area contributed by atoms with Gasteiger partial charge < -0.3 is 0 Å². The minimum Gasteiger partial charge on any atom is -0.176 e. The lowest BCUT2D eigenvalue weighted by Gasteiger charge is -2.12. The molecular formula is C12H19ClSi. The summed E-state index contributed by atoms with van der Waals surface area (Å²) in [6, 6.07) is 10.7. The van der Waals surface area contributed by atoms with Gasteiger partial charge in [0.25, 0.3) is 0 Å². The molecule has 1 unspecified atom stereocenters. The molecule has 0 fully saturated rings. The third-order valence-corrected chi connectivity index (χ3v) is 4.99. The molecule has 0 aromatic heterocycles. The van der Waals surface area contributed by atoms with Crippen LogP contribution in [-0.4, -0.2) is 8.83 Å². The van der Waals surface area contributed by atoms with E-state index < -0.39 is 0 Å². The highest BCUT2D eigenvalue weighted by Gasteiger charge is 2.07. The molecule has 78 valence electrons. The number of hydrogen-bond acceptors (Lipinski definition) is 0. The molecule has 0 heterocycles. The molecule has 1 aromatic rings. The average Bonchev–Trinajstić information content (AvgIpc) is 2.25. The molecule has 0 saturated carbocycles. The van der Waals surface area contributed by atoms with E-state index in [0.717, 1.165) is 5.54 Å². The van der Waals surface area contributed by atoms with Crippen molar-refractivity contribution in [1.82, 2.24) is 0 Å². The number of unbranched alkanes of at least 4 members (excludes halogenated alkanes) is 1. The van der Waals surface area contributed by atoms with E-state index in [-0.39, 0.29) is 8.83 Å². The van der Waals surface area contributed by atoms with Crippen molar-refractivity contribution in [3.05, 3.63) is 35.9 Å². The van der Waals surface area contributed by atoms with E-state index in [9.17, 15) is 0 Å². The van der Waals surface area contributed by atoms with Gasteiger partial charge in [-0.25, -0.2) is 0 Å². The third-order valence-electron chi connectivity index (χ3n) is 2.55. The van der Waals surface area contributed by atoms with Crippen molar-refractivity contribution in [3.8, 4) is 0 Å². The van der Waals surface area contributed by atoms with E-state index in [0.29, 0.717) is 0 Å². The summed E-state index contributed by atoms with van der Waals surface area (Å²) in [5, 5.41) is 0. The van der Waals surface area contributed by atoms with Crippen LogP contribution >= 0.6 is 11.1 Å². The van der Waals surface area contributed by atoms with Gasteiger partial charge in [0.05, 0.1) is 0 Å². The van der Waals surface area contributed by atoms with E-state index in [2.05, 4.69) is 37.3 Å². The molecule has 1 atom stereocenters. The lowest BCUT2D eigenvalue weighted by Crippen LogP contribution is -2.02. The van der Waals surface area contributed by atoms with Crippen LogP contribution < -0.4 is 0 Å². The maximum atomic E-state index is 6.09. The van der Waals surface area contributed by atoms with Crippen LogP contribution in [0.3, 0.4) is 0 Å². The monoisotopic (exact) mass is 226 g/mol. The standard InChI is InChI=1S/C12H19ClSi/c1-2-3-9-12(14-13)10-11-7-5-4-6-8-11/h4-8,12H,2-3,9-10,14H2,1H3. The highest BCUT2D eigenvalue weighted by molar-refractivity contribution is 6.94. The molecule has 0 N–H and O–H groups in total. The predicted octanol–water partition coefficient (Wildman–Crippen LogP) is 3.53. The third kappa shape index (κ3) is 4.29. The van der Waals surface area contributed by atoms with Gasteiger partial charge in [0.2, 0.25) is 0 Å². The Morgan fingerprint density at radius 3 is 2.57 bits per heavy atom. The molecule has 0 aliphatic rings. The zero-order valence-electron chi connectivity index (χ0n) is 8.88. The predicted molar refractivity (Wildman–Crippen MR) is 67.8 cm³/mol. The minimum atomic E-state index is -0.364. The van der Waals surface area contributed by atoms with Crippen LogP contribution in [0.15, 0.2) is 30.3 Å². The molecule has 0 bridgehead atoms. The summed E-state index contributed by atoms with van der Waals surface area (Å²) in [6.07, 6.45) is 5.13. The summed E-state index contributed by atoms with van der Waals surface area (Å²) in [5.41, 5.74) is 2.24. The molecule has 1 aromatic carbocycles. The first-order valence-corrected chi connectivity index (χ1v) is 8.42. The Balaban J connectivity index is 2.40. The van der Waals surface area contributed by atoms with Crippen LogP contribution in [0.1, 0.15) is 31.7 Å². The Morgan fingerprint density at radius 1 is 1.29 bits per heavy atom. The summed E-state index contributed by atoms with van der Waals surface area (Å²) in [4.78, 5) is 0. The number of halogens is 1. The quantitative estimate of drug-likeness (QED) is 0.514. The smallest absolute Gasteiger partial charge is 0.128 e. The van der Waals surface area contributed by atoms with E-state index >= 15 is 0 Å². The van der Waals surface area contributed by atoms with Crippen molar-refractivity contribution in [1.29, 1.82) is 0 Å². The van der Waals surface area contributed by atoms with Gasteiger partial charge in [-0.2, -0.15) is 11.1 Å². The number of hydrogen-bond donors (Lipinski definition) is 0. The van der Waals surface area contributed by atoms with Gasteiger partial charge in [0, 0.05) is 0 Å². The van der Waals surface area contributed by atoms with E-state index in [1.807, 2.05) is 0 Å².